The number of aromatic nitrogens is 2. The third kappa shape index (κ3) is 4.99. The molecule has 0 unspecified atom stereocenters. The molecule has 106 valence electrons. The molecule has 0 aliphatic heterocycles. The molecule has 1 heterocycles. The molecule has 0 radical (unpaired) electrons. The summed E-state index contributed by atoms with van der Waals surface area (Å²) in [5.41, 5.74) is -0.314. The number of rotatable bonds is 8. The first-order valence-electron chi connectivity index (χ1n) is 6.11. The summed E-state index contributed by atoms with van der Waals surface area (Å²) in [6, 6.07) is 0. The van der Waals surface area contributed by atoms with E-state index in [1.807, 2.05) is 0 Å². The van der Waals surface area contributed by atoms with Crippen molar-refractivity contribution >= 4 is 11.8 Å². The number of nitrogens with one attached hydrogen (secondary N) is 2. The monoisotopic (exact) mass is 269 g/mol. The zero-order valence-corrected chi connectivity index (χ0v) is 11.2. The quantitative estimate of drug-likeness (QED) is 0.538. The Morgan fingerprint density at radius 3 is 2.84 bits per heavy atom. The number of nitrogens with zero attached hydrogens (tertiary/aromatic N) is 1. The van der Waals surface area contributed by atoms with Crippen molar-refractivity contribution in [1.82, 2.24) is 9.97 Å². The van der Waals surface area contributed by atoms with Crippen molar-refractivity contribution in [1.29, 1.82) is 0 Å². The predicted molar refractivity (Wildman–Crippen MR) is 70.4 cm³/mol. The van der Waals surface area contributed by atoms with Crippen molar-refractivity contribution in [3.63, 3.8) is 0 Å². The standard InChI is InChI=1S/C12H19N3O4/c1-18-9(16)6-4-3-5-7-13-11-10(19-2)12(17)15-8-14-11/h8H,3-7H2,1-2H3,(H2,13,14,15,17). The smallest absolute Gasteiger partial charge is 0.305 e. The number of carbonyl (C=O) groups is 1. The number of aromatic amines is 1. The Bertz CT molecular complexity index is 459. The average molecular weight is 269 g/mol. The van der Waals surface area contributed by atoms with Gasteiger partial charge in [-0.25, -0.2) is 4.98 Å². The van der Waals surface area contributed by atoms with E-state index in [2.05, 4.69) is 20.0 Å². The van der Waals surface area contributed by atoms with Crippen LogP contribution in [-0.2, 0) is 9.53 Å². The molecule has 0 aromatic carbocycles. The lowest BCUT2D eigenvalue weighted by atomic mass is 10.2. The zero-order valence-electron chi connectivity index (χ0n) is 11.2. The van der Waals surface area contributed by atoms with E-state index in [1.165, 1.54) is 20.5 Å². The van der Waals surface area contributed by atoms with Gasteiger partial charge in [-0.3, -0.25) is 9.59 Å². The van der Waals surface area contributed by atoms with Crippen LogP contribution in [0.15, 0.2) is 11.1 Å². The van der Waals surface area contributed by atoms with E-state index < -0.39 is 0 Å². The summed E-state index contributed by atoms with van der Waals surface area (Å²) in [5.74, 6) is 0.419. The maximum atomic E-state index is 11.4. The Kier molecular flexibility index (Phi) is 6.42. The minimum Gasteiger partial charge on any atom is -0.489 e. The number of unbranched alkanes of at least 4 members (excludes halogenated alkanes) is 2. The average Bonchev–Trinajstić information content (AvgIpc) is 2.42. The molecule has 0 atom stereocenters. The third-order valence-electron chi connectivity index (χ3n) is 2.59. The third-order valence-corrected chi connectivity index (χ3v) is 2.59. The van der Waals surface area contributed by atoms with Crippen LogP contribution in [-0.4, -0.2) is 36.7 Å². The lowest BCUT2D eigenvalue weighted by Crippen LogP contribution is -2.14. The number of hydrogen-bond acceptors (Lipinski definition) is 6. The Balaban J connectivity index is 2.28. The Morgan fingerprint density at radius 1 is 1.37 bits per heavy atom. The predicted octanol–water partition coefficient (Wildman–Crippen LogP) is 0.924. The van der Waals surface area contributed by atoms with Crippen molar-refractivity contribution in [2.45, 2.75) is 25.7 Å². The second-order valence-electron chi connectivity index (χ2n) is 3.93. The van der Waals surface area contributed by atoms with E-state index in [-0.39, 0.29) is 17.3 Å². The van der Waals surface area contributed by atoms with Crippen LogP contribution in [0.3, 0.4) is 0 Å². The van der Waals surface area contributed by atoms with Gasteiger partial charge in [0.05, 0.1) is 20.5 Å². The van der Waals surface area contributed by atoms with E-state index in [0.717, 1.165) is 19.3 Å². The van der Waals surface area contributed by atoms with E-state index >= 15 is 0 Å². The number of H-pyrrole nitrogens is 1. The summed E-state index contributed by atoms with van der Waals surface area (Å²) in [6.07, 6.45) is 4.31. The van der Waals surface area contributed by atoms with Crippen molar-refractivity contribution in [2.24, 2.45) is 0 Å². The molecule has 0 spiro atoms. The number of hydrogen-bond donors (Lipinski definition) is 2. The van der Waals surface area contributed by atoms with Crippen LogP contribution < -0.4 is 15.6 Å². The highest BCUT2D eigenvalue weighted by Crippen LogP contribution is 2.14. The molecule has 0 saturated heterocycles. The van der Waals surface area contributed by atoms with E-state index in [9.17, 15) is 9.59 Å². The molecular formula is C12H19N3O4. The van der Waals surface area contributed by atoms with Gasteiger partial charge in [0.1, 0.15) is 0 Å². The SMILES string of the molecule is COC(=O)CCCCCNc1nc[nH]c(=O)c1OC. The molecule has 0 fully saturated rings. The van der Waals surface area contributed by atoms with Crippen molar-refractivity contribution in [2.75, 3.05) is 26.1 Å². The second kappa shape index (κ2) is 8.12. The maximum absolute atomic E-state index is 11.4. The summed E-state index contributed by atoms with van der Waals surface area (Å²) in [7, 11) is 2.81. The van der Waals surface area contributed by atoms with Crippen LogP contribution >= 0.6 is 0 Å². The molecule has 0 aliphatic rings. The first-order valence-corrected chi connectivity index (χ1v) is 6.11. The summed E-state index contributed by atoms with van der Waals surface area (Å²) < 4.78 is 9.52. The lowest BCUT2D eigenvalue weighted by molar-refractivity contribution is -0.140. The normalized spacial score (nSPS) is 10.0. The number of ether oxygens (including phenoxy) is 2. The van der Waals surface area contributed by atoms with Crippen LogP contribution in [0.2, 0.25) is 0 Å². The van der Waals surface area contributed by atoms with Crippen molar-refractivity contribution < 1.29 is 14.3 Å². The van der Waals surface area contributed by atoms with Gasteiger partial charge in [-0.2, -0.15) is 0 Å². The molecule has 0 bridgehead atoms. The molecule has 7 heteroatoms. The van der Waals surface area contributed by atoms with Crippen LogP contribution in [0.1, 0.15) is 25.7 Å². The Labute approximate surface area is 111 Å². The van der Waals surface area contributed by atoms with E-state index in [4.69, 9.17) is 4.74 Å². The van der Waals surface area contributed by atoms with Gasteiger partial charge in [0.25, 0.3) is 5.56 Å². The number of methoxy groups -OCH3 is 2. The molecule has 1 aromatic rings. The maximum Gasteiger partial charge on any atom is 0.305 e. The largest absolute Gasteiger partial charge is 0.489 e. The van der Waals surface area contributed by atoms with Crippen molar-refractivity contribution in [3.05, 3.63) is 16.7 Å². The molecule has 2 N–H and O–H groups in total. The second-order valence-corrected chi connectivity index (χ2v) is 3.93. The van der Waals surface area contributed by atoms with Gasteiger partial charge in [-0.05, 0) is 12.8 Å². The van der Waals surface area contributed by atoms with Crippen LogP contribution in [0, 0.1) is 0 Å². The fraction of sp³-hybridized carbons (Fsp3) is 0.583. The van der Waals surface area contributed by atoms with Crippen LogP contribution in [0.5, 0.6) is 5.75 Å². The minimum absolute atomic E-state index is 0.178. The number of carbonyl (C=O) groups excluding carboxylic acids is 1. The fourth-order valence-corrected chi connectivity index (χ4v) is 1.58. The summed E-state index contributed by atoms with van der Waals surface area (Å²) >= 11 is 0. The molecule has 0 amide bonds. The van der Waals surface area contributed by atoms with Gasteiger partial charge in [-0.15, -0.1) is 0 Å². The number of anilines is 1. The minimum atomic E-state index is -0.314. The number of esters is 1. The zero-order chi connectivity index (χ0) is 14.1. The first kappa shape index (κ1) is 15.0. The highest BCUT2D eigenvalue weighted by molar-refractivity contribution is 5.68. The summed E-state index contributed by atoms with van der Waals surface area (Å²) in [5, 5.41) is 3.03. The van der Waals surface area contributed by atoms with Crippen LogP contribution in [0.4, 0.5) is 5.82 Å². The summed E-state index contributed by atoms with van der Waals surface area (Å²) in [4.78, 5) is 28.7. The van der Waals surface area contributed by atoms with Crippen LogP contribution in [0.25, 0.3) is 0 Å². The lowest BCUT2D eigenvalue weighted by Gasteiger charge is -2.08. The molecule has 1 aromatic heterocycles. The molecule has 7 nitrogen and oxygen atoms in total. The molecule has 0 saturated carbocycles. The highest BCUT2D eigenvalue weighted by Gasteiger charge is 2.07. The molecular weight excluding hydrogens is 250 g/mol. The van der Waals surface area contributed by atoms with E-state index in [1.54, 1.807) is 0 Å². The van der Waals surface area contributed by atoms with Gasteiger partial charge in [0.2, 0.25) is 5.75 Å². The highest BCUT2D eigenvalue weighted by atomic mass is 16.5. The molecule has 1 rings (SSSR count). The first-order chi connectivity index (χ1) is 9.19. The van der Waals surface area contributed by atoms with Gasteiger partial charge in [0, 0.05) is 13.0 Å². The Hall–Kier alpha value is -2.05. The molecule has 0 aliphatic carbocycles. The van der Waals surface area contributed by atoms with Crippen molar-refractivity contribution in [3.8, 4) is 5.75 Å². The Morgan fingerprint density at radius 2 is 2.16 bits per heavy atom. The van der Waals surface area contributed by atoms with E-state index in [0.29, 0.717) is 18.8 Å². The van der Waals surface area contributed by atoms with Gasteiger partial charge in [0.15, 0.2) is 5.82 Å². The van der Waals surface area contributed by atoms with Gasteiger partial charge in [-0.1, -0.05) is 6.42 Å². The molecule has 19 heavy (non-hydrogen) atoms. The summed E-state index contributed by atoms with van der Waals surface area (Å²) in [6.45, 7) is 0.661. The van der Waals surface area contributed by atoms with Gasteiger partial charge < -0.3 is 19.8 Å². The van der Waals surface area contributed by atoms with Gasteiger partial charge >= 0.3 is 5.97 Å². The topological polar surface area (TPSA) is 93.3 Å². The fourth-order valence-electron chi connectivity index (χ4n) is 1.58.